The summed E-state index contributed by atoms with van der Waals surface area (Å²) in [6, 6.07) is 5.67. The van der Waals surface area contributed by atoms with E-state index >= 15 is 0 Å². The van der Waals surface area contributed by atoms with Crippen molar-refractivity contribution in [2.24, 2.45) is 0 Å². The number of hydrogen-bond acceptors (Lipinski definition) is 8. The molecule has 1 aromatic heterocycles. The molecule has 9 nitrogen and oxygen atoms in total. The van der Waals surface area contributed by atoms with Crippen LogP contribution >= 0.6 is 0 Å². The zero-order valence-electron chi connectivity index (χ0n) is 15.5. The van der Waals surface area contributed by atoms with E-state index in [1.807, 2.05) is 23.1 Å². The maximum absolute atomic E-state index is 11.6. The topological polar surface area (TPSA) is 103 Å². The number of nitrogens with one attached hydrogen (secondary N) is 1. The summed E-state index contributed by atoms with van der Waals surface area (Å²) < 4.78 is 10.5. The molecule has 1 saturated heterocycles. The molecule has 1 aliphatic heterocycles. The molecule has 144 valence electrons. The Labute approximate surface area is 157 Å². The van der Waals surface area contributed by atoms with Crippen LogP contribution in [0.3, 0.4) is 0 Å². The van der Waals surface area contributed by atoms with E-state index in [9.17, 15) is 10.1 Å². The SMILES string of the molecule is COc1ccc(CCNc2ncnc(N3CCCC3)c2[N+](=O)[O-])cc1OC. The number of nitrogens with zero attached hydrogens (tertiary/aromatic N) is 4. The van der Waals surface area contributed by atoms with Crippen LogP contribution in [0.1, 0.15) is 18.4 Å². The van der Waals surface area contributed by atoms with Gasteiger partial charge >= 0.3 is 5.69 Å². The minimum absolute atomic E-state index is 0.0632. The molecule has 0 spiro atoms. The molecule has 0 unspecified atom stereocenters. The van der Waals surface area contributed by atoms with Gasteiger partial charge in [-0.3, -0.25) is 10.1 Å². The minimum Gasteiger partial charge on any atom is -0.493 e. The van der Waals surface area contributed by atoms with Gasteiger partial charge in [0, 0.05) is 19.6 Å². The fraction of sp³-hybridized carbons (Fsp3) is 0.444. The molecule has 0 saturated carbocycles. The highest BCUT2D eigenvalue weighted by Crippen LogP contribution is 2.33. The van der Waals surface area contributed by atoms with Crippen molar-refractivity contribution in [2.75, 3.05) is 44.1 Å². The Bertz CT molecular complexity index is 808. The number of hydrogen-bond donors (Lipinski definition) is 1. The van der Waals surface area contributed by atoms with Crippen LogP contribution in [0.15, 0.2) is 24.5 Å². The number of methoxy groups -OCH3 is 2. The Morgan fingerprint density at radius 1 is 1.19 bits per heavy atom. The average molecular weight is 373 g/mol. The zero-order chi connectivity index (χ0) is 19.2. The van der Waals surface area contributed by atoms with Gasteiger partial charge in [-0.15, -0.1) is 0 Å². The van der Waals surface area contributed by atoms with Crippen LogP contribution in [0, 0.1) is 10.1 Å². The molecule has 1 fully saturated rings. The van der Waals surface area contributed by atoms with E-state index in [0.29, 0.717) is 30.3 Å². The van der Waals surface area contributed by atoms with Gasteiger partial charge < -0.3 is 19.7 Å². The number of ether oxygens (including phenoxy) is 2. The Morgan fingerprint density at radius 3 is 2.59 bits per heavy atom. The molecule has 3 rings (SSSR count). The summed E-state index contributed by atoms with van der Waals surface area (Å²) >= 11 is 0. The Hall–Kier alpha value is -3.10. The predicted molar refractivity (Wildman–Crippen MR) is 102 cm³/mol. The van der Waals surface area contributed by atoms with Crippen LogP contribution in [0.25, 0.3) is 0 Å². The van der Waals surface area contributed by atoms with Crippen LogP contribution in [0.4, 0.5) is 17.3 Å². The monoisotopic (exact) mass is 373 g/mol. The molecule has 1 aliphatic rings. The van der Waals surface area contributed by atoms with Crippen molar-refractivity contribution in [2.45, 2.75) is 19.3 Å². The molecular formula is C18H23N5O4. The second kappa shape index (κ2) is 8.52. The first-order valence-corrected chi connectivity index (χ1v) is 8.83. The number of aromatic nitrogens is 2. The highest BCUT2D eigenvalue weighted by Gasteiger charge is 2.28. The lowest BCUT2D eigenvalue weighted by molar-refractivity contribution is -0.383. The van der Waals surface area contributed by atoms with Gasteiger partial charge in [-0.1, -0.05) is 6.07 Å². The van der Waals surface area contributed by atoms with Crippen LogP contribution in [-0.2, 0) is 6.42 Å². The molecular weight excluding hydrogens is 350 g/mol. The molecule has 0 atom stereocenters. The van der Waals surface area contributed by atoms with Crippen LogP contribution in [0.2, 0.25) is 0 Å². The maximum atomic E-state index is 11.6. The van der Waals surface area contributed by atoms with E-state index in [1.54, 1.807) is 14.2 Å². The summed E-state index contributed by atoms with van der Waals surface area (Å²) in [5.74, 6) is 1.95. The molecule has 1 N–H and O–H groups in total. The van der Waals surface area contributed by atoms with Crippen LogP contribution < -0.4 is 19.7 Å². The van der Waals surface area contributed by atoms with Gasteiger partial charge in [0.2, 0.25) is 11.6 Å². The molecule has 1 aromatic carbocycles. The maximum Gasteiger partial charge on any atom is 0.353 e. The van der Waals surface area contributed by atoms with Gasteiger partial charge in [-0.25, -0.2) is 9.97 Å². The van der Waals surface area contributed by atoms with Crippen molar-refractivity contribution in [3.63, 3.8) is 0 Å². The summed E-state index contributed by atoms with van der Waals surface area (Å²) in [6.07, 6.45) is 4.06. The van der Waals surface area contributed by atoms with Crippen molar-refractivity contribution >= 4 is 17.3 Å². The Morgan fingerprint density at radius 2 is 1.93 bits per heavy atom. The fourth-order valence-corrected chi connectivity index (χ4v) is 3.19. The summed E-state index contributed by atoms with van der Waals surface area (Å²) in [7, 11) is 3.18. The van der Waals surface area contributed by atoms with Crippen molar-refractivity contribution in [3.8, 4) is 11.5 Å². The average Bonchev–Trinajstić information content (AvgIpc) is 3.22. The second-order valence-corrected chi connectivity index (χ2v) is 6.21. The lowest BCUT2D eigenvalue weighted by atomic mass is 10.1. The first-order chi connectivity index (χ1) is 13.1. The smallest absolute Gasteiger partial charge is 0.353 e. The highest BCUT2D eigenvalue weighted by atomic mass is 16.6. The van der Waals surface area contributed by atoms with Gasteiger partial charge in [0.25, 0.3) is 0 Å². The number of rotatable bonds is 8. The first-order valence-electron chi connectivity index (χ1n) is 8.83. The standard InChI is InChI=1S/C18H23N5O4/c1-26-14-6-5-13(11-15(14)27-2)7-8-19-17-16(23(24)25)18(21-12-20-17)22-9-3-4-10-22/h5-6,11-12H,3-4,7-10H2,1-2H3,(H,19,20,21). The number of benzene rings is 1. The van der Waals surface area contributed by atoms with Gasteiger partial charge in [-0.05, 0) is 37.0 Å². The number of nitro groups is 1. The van der Waals surface area contributed by atoms with Crippen molar-refractivity contribution in [3.05, 3.63) is 40.2 Å². The van der Waals surface area contributed by atoms with Crippen LogP contribution in [0.5, 0.6) is 11.5 Å². The summed E-state index contributed by atoms with van der Waals surface area (Å²) in [5, 5.41) is 14.7. The van der Waals surface area contributed by atoms with Crippen molar-refractivity contribution in [1.82, 2.24) is 9.97 Å². The van der Waals surface area contributed by atoms with E-state index in [2.05, 4.69) is 15.3 Å². The molecule has 0 aliphatic carbocycles. The third kappa shape index (κ3) is 4.18. The third-order valence-corrected chi connectivity index (χ3v) is 4.55. The van der Waals surface area contributed by atoms with Gasteiger partial charge in [0.05, 0.1) is 19.1 Å². The fourth-order valence-electron chi connectivity index (χ4n) is 3.19. The summed E-state index contributed by atoms with van der Waals surface area (Å²) in [6.45, 7) is 2.05. The summed E-state index contributed by atoms with van der Waals surface area (Å²) in [5.41, 5.74) is 0.961. The van der Waals surface area contributed by atoms with Gasteiger partial charge in [0.15, 0.2) is 11.5 Å². The largest absolute Gasteiger partial charge is 0.493 e. The highest BCUT2D eigenvalue weighted by molar-refractivity contribution is 5.70. The van der Waals surface area contributed by atoms with Gasteiger partial charge in [-0.2, -0.15) is 0 Å². The van der Waals surface area contributed by atoms with Gasteiger partial charge in [0.1, 0.15) is 6.33 Å². The summed E-state index contributed by atoms with van der Waals surface area (Å²) in [4.78, 5) is 21.4. The molecule has 2 aromatic rings. The van der Waals surface area contributed by atoms with Crippen molar-refractivity contribution in [1.29, 1.82) is 0 Å². The van der Waals surface area contributed by atoms with E-state index in [0.717, 1.165) is 31.5 Å². The Balaban J connectivity index is 1.72. The normalized spacial score (nSPS) is 13.5. The van der Waals surface area contributed by atoms with E-state index in [4.69, 9.17) is 9.47 Å². The quantitative estimate of drug-likeness (QED) is 0.556. The molecule has 9 heteroatoms. The lowest BCUT2D eigenvalue weighted by Crippen LogP contribution is -2.21. The van der Waals surface area contributed by atoms with Crippen molar-refractivity contribution < 1.29 is 14.4 Å². The molecule has 0 amide bonds. The lowest BCUT2D eigenvalue weighted by Gasteiger charge is -2.17. The van der Waals surface area contributed by atoms with E-state index < -0.39 is 4.92 Å². The minimum atomic E-state index is -0.410. The zero-order valence-corrected chi connectivity index (χ0v) is 15.5. The van der Waals surface area contributed by atoms with Crippen LogP contribution in [-0.4, -0.2) is 48.7 Å². The second-order valence-electron chi connectivity index (χ2n) is 6.21. The Kier molecular flexibility index (Phi) is 5.90. The van der Waals surface area contributed by atoms with E-state index in [-0.39, 0.29) is 11.5 Å². The molecule has 27 heavy (non-hydrogen) atoms. The predicted octanol–water partition coefficient (Wildman–Crippen LogP) is 2.66. The van der Waals surface area contributed by atoms with E-state index in [1.165, 1.54) is 6.33 Å². The molecule has 0 bridgehead atoms. The molecule has 0 radical (unpaired) electrons. The first kappa shape index (κ1) is 18.7. The third-order valence-electron chi connectivity index (χ3n) is 4.55. The number of anilines is 2. The molecule has 2 heterocycles.